The smallest absolute Gasteiger partial charge is 0.496 e. The quantitative estimate of drug-likeness (QED) is 0.462. The number of halogens is 4. The summed E-state index contributed by atoms with van der Waals surface area (Å²) >= 11 is 6.30. The number of ether oxygens (including phenoxy) is 4. The summed E-state index contributed by atoms with van der Waals surface area (Å²) in [4.78, 5) is 13.5. The minimum absolute atomic E-state index is 0.0196. The molecule has 0 bridgehead atoms. The maximum atomic E-state index is 13.5. The summed E-state index contributed by atoms with van der Waals surface area (Å²) in [5.74, 6) is -2.45. The van der Waals surface area contributed by atoms with E-state index in [1.54, 1.807) is 0 Å². The molecule has 0 radical (unpaired) electrons. The van der Waals surface area contributed by atoms with Gasteiger partial charge in [0.25, 0.3) is 0 Å². The Morgan fingerprint density at radius 1 is 1.13 bits per heavy atom. The Bertz CT molecular complexity index is 1110. The van der Waals surface area contributed by atoms with Crippen LogP contribution in [0.2, 0.25) is 5.02 Å². The summed E-state index contributed by atoms with van der Waals surface area (Å²) in [5, 5.41) is -0.0616. The standard InChI is InChI=1S/C18H16ClF3O8S/c1-8-5-9(30-31(24,25)18(20,21)22)6-12(28-4)17(8)16(23)13-14(19)10(26-2)7-11(27-3)15(13)29-17/h5-8H,1-4H3/t8-,17+/m1/s1. The molecule has 1 heterocycles. The van der Waals surface area contributed by atoms with E-state index in [-0.39, 0.29) is 33.6 Å². The van der Waals surface area contributed by atoms with E-state index >= 15 is 0 Å². The molecule has 13 heteroatoms. The first-order chi connectivity index (χ1) is 14.3. The highest BCUT2D eigenvalue weighted by Gasteiger charge is 2.59. The van der Waals surface area contributed by atoms with Crippen LogP contribution in [-0.2, 0) is 19.0 Å². The van der Waals surface area contributed by atoms with E-state index in [1.165, 1.54) is 27.2 Å². The second-order valence-corrected chi connectivity index (χ2v) is 8.44. The predicted octanol–water partition coefficient (Wildman–Crippen LogP) is 3.60. The molecule has 0 aromatic heterocycles. The average molecular weight is 485 g/mol. The van der Waals surface area contributed by atoms with E-state index in [4.69, 9.17) is 30.5 Å². The van der Waals surface area contributed by atoms with Gasteiger partial charge in [0.1, 0.15) is 11.5 Å². The summed E-state index contributed by atoms with van der Waals surface area (Å²) in [6, 6.07) is 1.40. The van der Waals surface area contributed by atoms with Gasteiger partial charge in [0.2, 0.25) is 11.4 Å². The van der Waals surface area contributed by atoms with Crippen LogP contribution in [-0.4, -0.2) is 46.6 Å². The number of carbonyl (C=O) groups is 1. The lowest BCUT2D eigenvalue weighted by Gasteiger charge is -2.35. The molecule has 8 nitrogen and oxygen atoms in total. The molecule has 0 unspecified atom stereocenters. The van der Waals surface area contributed by atoms with Gasteiger partial charge < -0.3 is 23.1 Å². The number of hydrogen-bond acceptors (Lipinski definition) is 8. The predicted molar refractivity (Wildman–Crippen MR) is 101 cm³/mol. The minimum atomic E-state index is -5.93. The average Bonchev–Trinajstić information content (AvgIpc) is 2.98. The number of rotatable bonds is 5. The van der Waals surface area contributed by atoms with Crippen LogP contribution in [0.4, 0.5) is 13.2 Å². The molecule has 2 aliphatic rings. The summed E-state index contributed by atoms with van der Waals surface area (Å²) in [5.41, 5.74) is -7.59. The summed E-state index contributed by atoms with van der Waals surface area (Å²) in [6.07, 6.45) is 1.85. The third-order valence-corrected chi connectivity index (χ3v) is 6.17. The zero-order valence-corrected chi connectivity index (χ0v) is 18.1. The number of benzene rings is 1. The molecule has 170 valence electrons. The van der Waals surface area contributed by atoms with Crippen molar-refractivity contribution in [2.24, 2.45) is 5.92 Å². The van der Waals surface area contributed by atoms with Crippen LogP contribution < -0.4 is 14.2 Å². The van der Waals surface area contributed by atoms with Gasteiger partial charge in [-0.1, -0.05) is 18.5 Å². The number of Topliss-reactive ketones (excluding diaryl/α,β-unsaturated/α-hetero) is 1. The number of hydrogen-bond donors (Lipinski definition) is 0. The third-order valence-electron chi connectivity index (χ3n) is 4.82. The fourth-order valence-electron chi connectivity index (χ4n) is 3.36. The highest BCUT2D eigenvalue weighted by atomic mass is 35.5. The number of ketones is 1. The molecule has 0 saturated carbocycles. The van der Waals surface area contributed by atoms with Crippen molar-refractivity contribution in [2.45, 2.75) is 18.0 Å². The first kappa shape index (κ1) is 23.1. The van der Waals surface area contributed by atoms with Crippen LogP contribution in [0.1, 0.15) is 17.3 Å². The van der Waals surface area contributed by atoms with Crippen molar-refractivity contribution in [2.75, 3.05) is 21.3 Å². The molecule has 1 aliphatic carbocycles. The van der Waals surface area contributed by atoms with Crippen molar-refractivity contribution < 1.29 is 49.5 Å². The lowest BCUT2D eigenvalue weighted by molar-refractivity contribution is -0.0522. The molecule has 3 rings (SSSR count). The van der Waals surface area contributed by atoms with Gasteiger partial charge >= 0.3 is 15.6 Å². The number of fused-ring (bicyclic) bond motifs is 1. The van der Waals surface area contributed by atoms with E-state index in [0.717, 1.165) is 19.3 Å². The summed E-state index contributed by atoms with van der Waals surface area (Å²) in [6.45, 7) is 1.41. The van der Waals surface area contributed by atoms with Gasteiger partial charge in [0, 0.05) is 18.1 Å². The van der Waals surface area contributed by atoms with Crippen LogP contribution in [0.5, 0.6) is 17.2 Å². The first-order valence-electron chi connectivity index (χ1n) is 8.51. The van der Waals surface area contributed by atoms with E-state index in [2.05, 4.69) is 4.18 Å². The first-order valence-corrected chi connectivity index (χ1v) is 10.3. The summed E-state index contributed by atoms with van der Waals surface area (Å²) < 4.78 is 86.5. The molecule has 2 atom stereocenters. The zero-order valence-electron chi connectivity index (χ0n) is 16.5. The Balaban J connectivity index is 2.12. The SMILES string of the molecule is COC1=CC(OS(=O)(=O)C(F)(F)F)=C[C@@H](C)[C@]12Oc1c(OC)cc(OC)c(Cl)c1C2=O. The van der Waals surface area contributed by atoms with Crippen LogP contribution in [0.15, 0.2) is 29.7 Å². The molecule has 0 amide bonds. The van der Waals surface area contributed by atoms with Crippen molar-refractivity contribution in [3.05, 3.63) is 40.3 Å². The zero-order chi connectivity index (χ0) is 23.4. The van der Waals surface area contributed by atoms with E-state index in [1.807, 2.05) is 0 Å². The topological polar surface area (TPSA) is 97.4 Å². The fourth-order valence-corrected chi connectivity index (χ4v) is 4.12. The van der Waals surface area contributed by atoms with Gasteiger partial charge in [-0.25, -0.2) is 0 Å². The lowest BCUT2D eigenvalue weighted by Crippen LogP contribution is -2.49. The van der Waals surface area contributed by atoms with E-state index < -0.39 is 38.7 Å². The minimum Gasteiger partial charge on any atom is -0.496 e. The van der Waals surface area contributed by atoms with Crippen molar-refractivity contribution in [3.8, 4) is 17.2 Å². The van der Waals surface area contributed by atoms with Crippen molar-refractivity contribution in [3.63, 3.8) is 0 Å². The monoisotopic (exact) mass is 484 g/mol. The molecular weight excluding hydrogens is 469 g/mol. The number of methoxy groups -OCH3 is 3. The molecule has 0 N–H and O–H groups in total. The van der Waals surface area contributed by atoms with Crippen molar-refractivity contribution in [1.29, 1.82) is 0 Å². The largest absolute Gasteiger partial charge is 0.534 e. The van der Waals surface area contributed by atoms with Gasteiger partial charge in [-0.15, -0.1) is 0 Å². The van der Waals surface area contributed by atoms with Crippen LogP contribution in [0.25, 0.3) is 0 Å². The molecule has 1 aromatic carbocycles. The second kappa shape index (κ2) is 7.52. The third kappa shape index (κ3) is 3.37. The lowest BCUT2D eigenvalue weighted by atomic mass is 9.78. The number of allylic oxidation sites excluding steroid dienone is 1. The molecule has 0 saturated heterocycles. The van der Waals surface area contributed by atoms with Crippen LogP contribution in [0, 0.1) is 5.92 Å². The molecular formula is C18H16ClF3O8S. The highest BCUT2D eigenvalue weighted by molar-refractivity contribution is 7.87. The molecule has 1 aromatic rings. The van der Waals surface area contributed by atoms with Gasteiger partial charge in [0.05, 0.1) is 31.9 Å². The van der Waals surface area contributed by atoms with Gasteiger partial charge in [-0.05, 0) is 6.08 Å². The Hall–Kier alpha value is -2.60. The molecule has 31 heavy (non-hydrogen) atoms. The molecule has 1 aliphatic heterocycles. The molecule has 0 fully saturated rings. The van der Waals surface area contributed by atoms with Crippen LogP contribution in [0.3, 0.4) is 0 Å². The molecule has 1 spiro atoms. The maximum absolute atomic E-state index is 13.5. The van der Waals surface area contributed by atoms with Gasteiger partial charge in [-0.2, -0.15) is 21.6 Å². The number of alkyl halides is 3. The highest BCUT2D eigenvalue weighted by Crippen LogP contribution is 2.54. The second-order valence-electron chi connectivity index (χ2n) is 6.52. The van der Waals surface area contributed by atoms with Gasteiger partial charge in [-0.3, -0.25) is 4.79 Å². The normalized spacial score (nSPS) is 23.0. The number of carbonyl (C=O) groups excluding carboxylic acids is 1. The van der Waals surface area contributed by atoms with E-state index in [0.29, 0.717) is 0 Å². The Morgan fingerprint density at radius 3 is 2.26 bits per heavy atom. The fraction of sp³-hybridized carbons (Fsp3) is 0.389. The Kier molecular flexibility index (Phi) is 5.60. The van der Waals surface area contributed by atoms with Crippen molar-refractivity contribution in [1.82, 2.24) is 0 Å². The maximum Gasteiger partial charge on any atom is 0.534 e. The van der Waals surface area contributed by atoms with E-state index in [9.17, 15) is 26.4 Å². The van der Waals surface area contributed by atoms with Crippen molar-refractivity contribution >= 4 is 27.5 Å². The Morgan fingerprint density at radius 2 is 1.74 bits per heavy atom. The summed E-state index contributed by atoms with van der Waals surface area (Å²) in [7, 11) is -2.13. The van der Waals surface area contributed by atoms with Crippen LogP contribution >= 0.6 is 11.6 Å². The van der Waals surface area contributed by atoms with Gasteiger partial charge in [0.15, 0.2) is 17.3 Å². The Labute approximate surface area is 180 Å².